The zero-order valence-corrected chi connectivity index (χ0v) is 14.2. The molecule has 0 N–H and O–H groups in total. The van der Waals surface area contributed by atoms with Crippen LogP contribution < -0.4 is 9.47 Å². The smallest absolute Gasteiger partial charge is 0.174 e. The molecule has 2 aromatic carbocycles. The van der Waals surface area contributed by atoms with Gasteiger partial charge in [0.25, 0.3) is 0 Å². The monoisotopic (exact) mass is 323 g/mol. The molecule has 0 aliphatic heterocycles. The van der Waals surface area contributed by atoms with Gasteiger partial charge in [-0.2, -0.15) is 0 Å². The van der Waals surface area contributed by atoms with Crippen LogP contribution in [0.1, 0.15) is 32.2 Å². The van der Waals surface area contributed by atoms with E-state index in [1.807, 2.05) is 60.7 Å². The first-order valence-corrected chi connectivity index (χ1v) is 7.92. The summed E-state index contributed by atoms with van der Waals surface area (Å²) in [6, 6.07) is 19.1. The number of para-hydroxylation sites is 1. The van der Waals surface area contributed by atoms with Gasteiger partial charge in [0.05, 0.1) is 5.69 Å². The summed E-state index contributed by atoms with van der Waals surface area (Å²) in [6.45, 7) is 6.64. The lowest BCUT2D eigenvalue weighted by Crippen LogP contribution is -2.11. The number of benzene rings is 2. The van der Waals surface area contributed by atoms with Crippen molar-refractivity contribution in [3.63, 3.8) is 0 Å². The molecule has 24 heavy (non-hydrogen) atoms. The molecule has 3 aromatic rings. The van der Waals surface area contributed by atoms with Crippen molar-refractivity contribution in [2.45, 2.75) is 32.8 Å². The number of rotatable bonds is 5. The van der Waals surface area contributed by atoms with E-state index in [2.05, 4.69) is 25.9 Å². The Labute approximate surface area is 142 Å². The molecule has 4 nitrogen and oxygen atoms in total. The highest BCUT2D eigenvalue weighted by Crippen LogP contribution is 2.25. The molecule has 0 spiro atoms. The molecular weight excluding hydrogens is 302 g/mol. The quantitative estimate of drug-likeness (QED) is 0.635. The Morgan fingerprint density at radius 3 is 2.12 bits per heavy atom. The van der Waals surface area contributed by atoms with Crippen LogP contribution >= 0.6 is 0 Å². The maximum atomic E-state index is 5.75. The second-order valence-corrected chi connectivity index (χ2v) is 6.60. The van der Waals surface area contributed by atoms with Gasteiger partial charge in [0, 0.05) is 11.5 Å². The Kier molecular flexibility index (Phi) is 4.56. The Bertz CT molecular complexity index is 771. The molecule has 0 fully saturated rings. The van der Waals surface area contributed by atoms with Crippen LogP contribution in [0.5, 0.6) is 17.2 Å². The largest absolute Gasteiger partial charge is 0.486 e. The molecule has 0 saturated heterocycles. The van der Waals surface area contributed by atoms with E-state index in [9.17, 15) is 0 Å². The Morgan fingerprint density at radius 1 is 0.875 bits per heavy atom. The lowest BCUT2D eigenvalue weighted by atomic mass is 9.92. The van der Waals surface area contributed by atoms with Gasteiger partial charge < -0.3 is 14.0 Å². The fourth-order valence-corrected chi connectivity index (χ4v) is 2.12. The summed E-state index contributed by atoms with van der Waals surface area (Å²) in [5.74, 6) is 3.04. The minimum atomic E-state index is -0.0296. The lowest BCUT2D eigenvalue weighted by molar-refractivity contribution is 0.247. The van der Waals surface area contributed by atoms with Crippen molar-refractivity contribution in [2.24, 2.45) is 0 Å². The minimum absolute atomic E-state index is 0.0296. The van der Waals surface area contributed by atoms with Gasteiger partial charge in [-0.1, -0.05) is 44.1 Å². The van der Waals surface area contributed by atoms with E-state index in [1.165, 1.54) is 0 Å². The molecule has 0 unspecified atom stereocenters. The van der Waals surface area contributed by atoms with Crippen molar-refractivity contribution < 1.29 is 14.0 Å². The maximum Gasteiger partial charge on any atom is 0.174 e. The molecule has 3 rings (SSSR count). The zero-order chi connectivity index (χ0) is 17.0. The molecule has 4 heteroatoms. The Morgan fingerprint density at radius 2 is 1.50 bits per heavy atom. The van der Waals surface area contributed by atoms with Crippen LogP contribution in [0.3, 0.4) is 0 Å². The average Bonchev–Trinajstić information content (AvgIpc) is 3.05. The van der Waals surface area contributed by atoms with Crippen LogP contribution in [-0.4, -0.2) is 5.16 Å². The van der Waals surface area contributed by atoms with Crippen molar-refractivity contribution in [1.29, 1.82) is 0 Å². The lowest BCUT2D eigenvalue weighted by Gasteiger charge is -2.12. The molecule has 0 aliphatic rings. The molecule has 0 aliphatic carbocycles. The number of nitrogens with zero attached hydrogens (tertiary/aromatic N) is 1. The van der Waals surface area contributed by atoms with Gasteiger partial charge in [-0.15, -0.1) is 0 Å². The van der Waals surface area contributed by atoms with Crippen molar-refractivity contribution in [3.8, 4) is 17.2 Å². The van der Waals surface area contributed by atoms with E-state index in [-0.39, 0.29) is 5.41 Å². The minimum Gasteiger partial charge on any atom is -0.486 e. The van der Waals surface area contributed by atoms with Gasteiger partial charge in [-0.05, 0) is 36.4 Å². The van der Waals surface area contributed by atoms with Gasteiger partial charge in [0.1, 0.15) is 23.9 Å². The Hall–Kier alpha value is -2.75. The van der Waals surface area contributed by atoms with Crippen molar-refractivity contribution in [3.05, 3.63) is 72.1 Å². The normalized spacial score (nSPS) is 11.3. The molecule has 0 amide bonds. The van der Waals surface area contributed by atoms with Gasteiger partial charge in [0.15, 0.2) is 5.76 Å². The third-order valence-electron chi connectivity index (χ3n) is 3.51. The predicted molar refractivity (Wildman–Crippen MR) is 92.5 cm³/mol. The second kappa shape index (κ2) is 6.79. The number of aromatic nitrogens is 1. The highest BCUT2D eigenvalue weighted by atomic mass is 16.5. The van der Waals surface area contributed by atoms with E-state index in [0.29, 0.717) is 12.4 Å². The summed E-state index contributed by atoms with van der Waals surface area (Å²) in [5, 5.41) is 4.09. The first-order chi connectivity index (χ1) is 11.5. The van der Waals surface area contributed by atoms with Gasteiger partial charge in [0.2, 0.25) is 0 Å². The summed E-state index contributed by atoms with van der Waals surface area (Å²) in [6.07, 6.45) is 0. The molecule has 1 heterocycles. The van der Waals surface area contributed by atoms with Crippen LogP contribution in [0, 0.1) is 0 Å². The number of hydrogen-bond acceptors (Lipinski definition) is 4. The van der Waals surface area contributed by atoms with E-state index in [4.69, 9.17) is 14.0 Å². The number of hydrogen-bond donors (Lipinski definition) is 0. The topological polar surface area (TPSA) is 44.5 Å². The van der Waals surface area contributed by atoms with Crippen LogP contribution in [0.2, 0.25) is 0 Å². The average molecular weight is 323 g/mol. The highest BCUT2D eigenvalue weighted by molar-refractivity contribution is 5.35. The van der Waals surface area contributed by atoms with Gasteiger partial charge in [-0.3, -0.25) is 0 Å². The molecule has 0 radical (unpaired) electrons. The molecule has 0 bridgehead atoms. The van der Waals surface area contributed by atoms with E-state index >= 15 is 0 Å². The fourth-order valence-electron chi connectivity index (χ4n) is 2.12. The maximum absolute atomic E-state index is 5.75. The highest BCUT2D eigenvalue weighted by Gasteiger charge is 2.19. The third-order valence-corrected chi connectivity index (χ3v) is 3.51. The molecule has 0 saturated carbocycles. The molecular formula is C20H21NO3. The van der Waals surface area contributed by atoms with Gasteiger partial charge in [-0.25, -0.2) is 0 Å². The predicted octanol–water partition coefficient (Wildman–Crippen LogP) is 5.34. The summed E-state index contributed by atoms with van der Waals surface area (Å²) < 4.78 is 16.8. The van der Waals surface area contributed by atoms with E-state index in [0.717, 1.165) is 22.9 Å². The summed E-state index contributed by atoms with van der Waals surface area (Å²) in [5.41, 5.74) is 0.894. The zero-order valence-electron chi connectivity index (χ0n) is 14.2. The third kappa shape index (κ3) is 4.16. The SMILES string of the molecule is CC(C)(C)c1cc(COc2ccc(Oc3ccccc3)cc2)on1. The standard InChI is InChI=1S/C20H21NO3/c1-20(2,3)19-13-18(24-21-19)14-22-15-9-11-17(12-10-15)23-16-7-5-4-6-8-16/h4-13H,14H2,1-3H3. The van der Waals surface area contributed by atoms with E-state index in [1.54, 1.807) is 0 Å². The van der Waals surface area contributed by atoms with Crippen LogP contribution in [0.15, 0.2) is 65.2 Å². The fraction of sp³-hybridized carbons (Fsp3) is 0.250. The van der Waals surface area contributed by atoms with Crippen molar-refractivity contribution >= 4 is 0 Å². The number of ether oxygens (including phenoxy) is 2. The van der Waals surface area contributed by atoms with Gasteiger partial charge >= 0.3 is 0 Å². The molecule has 0 atom stereocenters. The van der Waals surface area contributed by atoms with Crippen molar-refractivity contribution in [2.75, 3.05) is 0 Å². The Balaban J connectivity index is 1.57. The summed E-state index contributed by atoms with van der Waals surface area (Å²) >= 11 is 0. The second-order valence-electron chi connectivity index (χ2n) is 6.60. The van der Waals surface area contributed by atoms with Crippen LogP contribution in [0.25, 0.3) is 0 Å². The van der Waals surface area contributed by atoms with Crippen molar-refractivity contribution in [1.82, 2.24) is 5.16 Å². The first-order valence-electron chi connectivity index (χ1n) is 7.92. The summed E-state index contributed by atoms with van der Waals surface area (Å²) in [4.78, 5) is 0. The van der Waals surface area contributed by atoms with E-state index < -0.39 is 0 Å². The first kappa shape index (κ1) is 16.1. The van der Waals surface area contributed by atoms with Crippen LogP contribution in [-0.2, 0) is 12.0 Å². The van der Waals surface area contributed by atoms with Crippen LogP contribution in [0.4, 0.5) is 0 Å². The molecule has 124 valence electrons. The molecule has 1 aromatic heterocycles. The summed E-state index contributed by atoms with van der Waals surface area (Å²) in [7, 11) is 0.